The zero-order valence-corrected chi connectivity index (χ0v) is 11.8. The van der Waals surface area contributed by atoms with Crippen LogP contribution >= 0.6 is 0 Å². The number of phenolic OH excluding ortho intramolecular Hbond substituents is 1. The number of esters is 1. The molecule has 0 saturated heterocycles. The Kier molecular flexibility index (Phi) is 3.64. The smallest absolute Gasteiger partial charge is 0.347 e. The second-order valence-corrected chi connectivity index (χ2v) is 4.86. The van der Waals surface area contributed by atoms with Gasteiger partial charge in [0.2, 0.25) is 0 Å². The first-order valence-electron chi connectivity index (χ1n) is 6.73. The number of nitrogens with zero attached hydrogens (tertiary/aromatic N) is 1. The summed E-state index contributed by atoms with van der Waals surface area (Å²) in [6.07, 6.45) is 0. The van der Waals surface area contributed by atoms with E-state index in [-0.39, 0.29) is 22.7 Å². The van der Waals surface area contributed by atoms with Gasteiger partial charge in [0.1, 0.15) is 17.1 Å². The Morgan fingerprint density at radius 3 is 2.39 bits per heavy atom. The standard InChI is InChI=1S/C17H11NO5/c19-16-9-12-5-2-1-4-11(12)8-15(16)17(20)23-14-7-3-6-13(10-14)18(21)22/h1-10,19H. The van der Waals surface area contributed by atoms with Crippen molar-refractivity contribution in [1.82, 2.24) is 0 Å². The van der Waals surface area contributed by atoms with Gasteiger partial charge in [0.25, 0.3) is 5.69 Å². The second kappa shape index (κ2) is 5.76. The molecule has 0 fully saturated rings. The zero-order chi connectivity index (χ0) is 16.4. The number of hydrogen-bond donors (Lipinski definition) is 1. The van der Waals surface area contributed by atoms with E-state index in [0.717, 1.165) is 16.8 Å². The molecule has 0 aliphatic rings. The van der Waals surface area contributed by atoms with Crippen molar-refractivity contribution in [2.24, 2.45) is 0 Å². The van der Waals surface area contributed by atoms with Crippen LogP contribution < -0.4 is 4.74 Å². The predicted molar refractivity (Wildman–Crippen MR) is 83.7 cm³/mol. The van der Waals surface area contributed by atoms with Crippen molar-refractivity contribution in [2.75, 3.05) is 0 Å². The van der Waals surface area contributed by atoms with Gasteiger partial charge in [0.15, 0.2) is 0 Å². The Labute approximate surface area is 130 Å². The summed E-state index contributed by atoms with van der Waals surface area (Å²) >= 11 is 0. The predicted octanol–water partition coefficient (Wildman–Crippen LogP) is 3.67. The van der Waals surface area contributed by atoms with Gasteiger partial charge >= 0.3 is 5.97 Å². The minimum atomic E-state index is -0.784. The quantitative estimate of drug-likeness (QED) is 0.345. The molecule has 0 radical (unpaired) electrons. The molecule has 0 aliphatic carbocycles. The summed E-state index contributed by atoms with van der Waals surface area (Å²) in [6.45, 7) is 0. The summed E-state index contributed by atoms with van der Waals surface area (Å²) in [4.78, 5) is 22.4. The van der Waals surface area contributed by atoms with Gasteiger partial charge in [-0.25, -0.2) is 4.79 Å². The fraction of sp³-hybridized carbons (Fsp3) is 0. The SMILES string of the molecule is O=C(Oc1cccc([N+](=O)[O-])c1)c1cc2ccccc2cc1O. The van der Waals surface area contributed by atoms with Crippen LogP contribution in [-0.2, 0) is 0 Å². The van der Waals surface area contributed by atoms with E-state index < -0.39 is 10.9 Å². The molecule has 3 aromatic rings. The first-order valence-corrected chi connectivity index (χ1v) is 6.73. The maximum Gasteiger partial charge on any atom is 0.347 e. The van der Waals surface area contributed by atoms with Crippen LogP contribution in [0.1, 0.15) is 10.4 Å². The van der Waals surface area contributed by atoms with E-state index in [1.54, 1.807) is 6.07 Å². The number of non-ortho nitro benzene ring substituents is 1. The summed E-state index contributed by atoms with van der Waals surface area (Å²) in [6, 6.07) is 15.5. The van der Waals surface area contributed by atoms with Gasteiger partial charge in [0, 0.05) is 6.07 Å². The molecule has 6 heteroatoms. The number of carbonyl (C=O) groups is 1. The molecule has 0 amide bonds. The average molecular weight is 309 g/mol. The number of fused-ring (bicyclic) bond motifs is 1. The van der Waals surface area contributed by atoms with Gasteiger partial charge in [0.05, 0.1) is 11.0 Å². The maximum absolute atomic E-state index is 12.2. The molecular weight excluding hydrogens is 298 g/mol. The van der Waals surface area contributed by atoms with Gasteiger partial charge < -0.3 is 9.84 Å². The molecule has 0 bridgehead atoms. The first-order chi connectivity index (χ1) is 11.0. The number of rotatable bonds is 3. The van der Waals surface area contributed by atoms with Gasteiger partial charge in [-0.1, -0.05) is 30.3 Å². The Bertz CT molecular complexity index is 920. The molecule has 114 valence electrons. The number of carbonyl (C=O) groups excluding carboxylic acids is 1. The molecule has 0 aromatic heterocycles. The van der Waals surface area contributed by atoms with E-state index >= 15 is 0 Å². The lowest BCUT2D eigenvalue weighted by atomic mass is 10.1. The van der Waals surface area contributed by atoms with Crippen LogP contribution in [0.5, 0.6) is 11.5 Å². The molecule has 3 aromatic carbocycles. The van der Waals surface area contributed by atoms with Crippen LogP contribution in [0.4, 0.5) is 5.69 Å². The molecule has 0 aliphatic heterocycles. The van der Waals surface area contributed by atoms with E-state index in [1.807, 2.05) is 18.2 Å². The average Bonchev–Trinajstić information content (AvgIpc) is 2.54. The van der Waals surface area contributed by atoms with Gasteiger partial charge in [-0.15, -0.1) is 0 Å². The Hall–Kier alpha value is -3.41. The third-order valence-electron chi connectivity index (χ3n) is 3.32. The number of hydrogen-bond acceptors (Lipinski definition) is 5. The normalized spacial score (nSPS) is 10.4. The topological polar surface area (TPSA) is 89.7 Å². The maximum atomic E-state index is 12.2. The van der Waals surface area contributed by atoms with Crippen molar-refractivity contribution in [3.63, 3.8) is 0 Å². The fourth-order valence-electron chi connectivity index (χ4n) is 2.21. The summed E-state index contributed by atoms with van der Waals surface area (Å²) in [5.74, 6) is -0.954. The minimum absolute atomic E-state index is 0.00444. The molecule has 0 atom stereocenters. The monoisotopic (exact) mass is 309 g/mol. The molecular formula is C17H11NO5. The molecule has 23 heavy (non-hydrogen) atoms. The van der Waals surface area contributed by atoms with Crippen molar-refractivity contribution in [3.8, 4) is 11.5 Å². The van der Waals surface area contributed by atoms with E-state index in [0.29, 0.717) is 0 Å². The third kappa shape index (κ3) is 2.96. The largest absolute Gasteiger partial charge is 0.507 e. The number of nitro benzene ring substituents is 1. The molecule has 0 spiro atoms. The van der Waals surface area contributed by atoms with Crippen LogP contribution in [-0.4, -0.2) is 16.0 Å². The highest BCUT2D eigenvalue weighted by Gasteiger charge is 2.16. The van der Waals surface area contributed by atoms with Crippen molar-refractivity contribution in [2.45, 2.75) is 0 Å². The lowest BCUT2D eigenvalue weighted by Gasteiger charge is -2.07. The summed E-state index contributed by atoms with van der Waals surface area (Å²) < 4.78 is 5.12. The molecule has 0 heterocycles. The summed E-state index contributed by atoms with van der Waals surface area (Å²) in [5.41, 5.74) is -0.187. The van der Waals surface area contributed by atoms with Crippen LogP contribution in [0, 0.1) is 10.1 Å². The number of nitro groups is 1. The number of aromatic hydroxyl groups is 1. The summed E-state index contributed by atoms with van der Waals surface area (Å²) in [5, 5.41) is 22.3. The highest BCUT2D eigenvalue weighted by atomic mass is 16.6. The second-order valence-electron chi connectivity index (χ2n) is 4.86. The van der Waals surface area contributed by atoms with Gasteiger partial charge in [-0.2, -0.15) is 0 Å². The summed E-state index contributed by atoms with van der Waals surface area (Å²) in [7, 11) is 0. The van der Waals surface area contributed by atoms with E-state index in [4.69, 9.17) is 4.74 Å². The first kappa shape index (κ1) is 14.5. The molecule has 6 nitrogen and oxygen atoms in total. The number of benzene rings is 3. The minimum Gasteiger partial charge on any atom is -0.507 e. The zero-order valence-electron chi connectivity index (χ0n) is 11.8. The lowest BCUT2D eigenvalue weighted by Crippen LogP contribution is -2.09. The van der Waals surface area contributed by atoms with Crippen molar-refractivity contribution >= 4 is 22.4 Å². The highest BCUT2D eigenvalue weighted by molar-refractivity contribution is 5.99. The van der Waals surface area contributed by atoms with E-state index in [9.17, 15) is 20.0 Å². The van der Waals surface area contributed by atoms with Crippen LogP contribution in [0.15, 0.2) is 60.7 Å². The van der Waals surface area contributed by atoms with Crippen LogP contribution in [0.3, 0.4) is 0 Å². The number of phenols is 1. The van der Waals surface area contributed by atoms with Crippen molar-refractivity contribution in [1.29, 1.82) is 0 Å². The number of ether oxygens (including phenoxy) is 1. The van der Waals surface area contributed by atoms with Crippen LogP contribution in [0.2, 0.25) is 0 Å². The lowest BCUT2D eigenvalue weighted by molar-refractivity contribution is -0.384. The molecule has 0 saturated carbocycles. The van der Waals surface area contributed by atoms with E-state index in [2.05, 4.69) is 0 Å². The van der Waals surface area contributed by atoms with Gasteiger partial charge in [-0.05, 0) is 29.0 Å². The molecule has 3 rings (SSSR count). The Morgan fingerprint density at radius 2 is 1.70 bits per heavy atom. The Morgan fingerprint density at radius 1 is 1.00 bits per heavy atom. The van der Waals surface area contributed by atoms with Crippen molar-refractivity contribution in [3.05, 3.63) is 76.3 Å². The molecule has 0 unspecified atom stereocenters. The fourth-order valence-corrected chi connectivity index (χ4v) is 2.21. The third-order valence-corrected chi connectivity index (χ3v) is 3.32. The Balaban J connectivity index is 1.93. The highest BCUT2D eigenvalue weighted by Crippen LogP contribution is 2.27. The van der Waals surface area contributed by atoms with Gasteiger partial charge in [-0.3, -0.25) is 10.1 Å². The van der Waals surface area contributed by atoms with Crippen molar-refractivity contribution < 1.29 is 19.6 Å². The molecule has 1 N–H and O–H groups in total. The van der Waals surface area contributed by atoms with E-state index in [1.165, 1.54) is 30.3 Å². The van der Waals surface area contributed by atoms with Crippen LogP contribution in [0.25, 0.3) is 10.8 Å².